The van der Waals surface area contributed by atoms with E-state index in [4.69, 9.17) is 0 Å². The first kappa shape index (κ1) is 15.7. The molecule has 2 rings (SSSR count). The first-order valence-corrected chi connectivity index (χ1v) is 7.61. The summed E-state index contributed by atoms with van der Waals surface area (Å²) in [6, 6.07) is 2.02. The molecule has 6 nitrogen and oxygen atoms in total. The summed E-state index contributed by atoms with van der Waals surface area (Å²) in [7, 11) is 1.81. The predicted molar refractivity (Wildman–Crippen MR) is 81.0 cm³/mol. The lowest BCUT2D eigenvalue weighted by Gasteiger charge is -2.35. The van der Waals surface area contributed by atoms with Crippen molar-refractivity contribution >= 4 is 11.9 Å². The summed E-state index contributed by atoms with van der Waals surface area (Å²) in [5.41, 5.74) is 0. The van der Waals surface area contributed by atoms with Crippen molar-refractivity contribution in [2.24, 2.45) is 0 Å². The summed E-state index contributed by atoms with van der Waals surface area (Å²) >= 11 is 0. The molecule has 1 heterocycles. The van der Waals surface area contributed by atoms with Gasteiger partial charge >= 0.3 is 0 Å². The van der Waals surface area contributed by atoms with Crippen molar-refractivity contribution in [3.8, 4) is 0 Å². The highest BCUT2D eigenvalue weighted by atomic mass is 16.3. The summed E-state index contributed by atoms with van der Waals surface area (Å²) in [5.74, 6) is 0.573. The van der Waals surface area contributed by atoms with Crippen molar-refractivity contribution in [1.29, 1.82) is 0 Å². The smallest absolute Gasteiger partial charge is 0.242 e. The summed E-state index contributed by atoms with van der Waals surface area (Å²) in [6.07, 6.45) is 8.98. The van der Waals surface area contributed by atoms with E-state index in [0.717, 1.165) is 25.7 Å². The third kappa shape index (κ3) is 4.39. The van der Waals surface area contributed by atoms with Crippen LogP contribution in [0.3, 0.4) is 0 Å². The summed E-state index contributed by atoms with van der Waals surface area (Å²) in [4.78, 5) is 24.4. The quantitative estimate of drug-likeness (QED) is 0.849. The van der Waals surface area contributed by atoms with Crippen LogP contribution in [0.15, 0.2) is 18.5 Å². The van der Waals surface area contributed by atoms with Gasteiger partial charge in [0, 0.05) is 32.0 Å². The number of carbonyl (C=O) groups excluding carboxylic acids is 1. The fraction of sp³-hybridized carbons (Fsp3) is 0.667. The molecule has 0 radical (unpaired) electrons. The Bertz CT molecular complexity index is 435. The second-order valence-electron chi connectivity index (χ2n) is 5.51. The third-order valence-electron chi connectivity index (χ3n) is 3.94. The van der Waals surface area contributed by atoms with Crippen LogP contribution in [0.5, 0.6) is 0 Å². The van der Waals surface area contributed by atoms with Crippen LogP contribution >= 0.6 is 0 Å². The highest BCUT2D eigenvalue weighted by Crippen LogP contribution is 2.22. The van der Waals surface area contributed by atoms with Gasteiger partial charge in [0.1, 0.15) is 0 Å². The normalized spacial score (nSPS) is 15.7. The van der Waals surface area contributed by atoms with Gasteiger partial charge in [0.15, 0.2) is 0 Å². The van der Waals surface area contributed by atoms with Gasteiger partial charge in [-0.2, -0.15) is 0 Å². The van der Waals surface area contributed by atoms with E-state index in [-0.39, 0.29) is 25.1 Å². The summed E-state index contributed by atoms with van der Waals surface area (Å²) < 4.78 is 0. The molecule has 1 saturated carbocycles. The molecule has 1 aromatic heterocycles. The molecule has 1 N–H and O–H groups in total. The minimum absolute atomic E-state index is 0.00773. The van der Waals surface area contributed by atoms with Gasteiger partial charge in [-0.05, 0) is 18.9 Å². The molecule has 0 aromatic carbocycles. The zero-order valence-corrected chi connectivity index (χ0v) is 12.6. The second kappa shape index (κ2) is 7.93. The van der Waals surface area contributed by atoms with E-state index in [0.29, 0.717) is 12.5 Å². The third-order valence-corrected chi connectivity index (χ3v) is 3.94. The number of aliphatic hydroxyl groups excluding tert-OH is 1. The average molecular weight is 292 g/mol. The van der Waals surface area contributed by atoms with Gasteiger partial charge in [0.2, 0.25) is 11.9 Å². The van der Waals surface area contributed by atoms with Crippen LogP contribution in [0.1, 0.15) is 32.1 Å². The highest BCUT2D eigenvalue weighted by molar-refractivity contribution is 5.81. The lowest BCUT2D eigenvalue weighted by Crippen LogP contribution is -2.47. The van der Waals surface area contributed by atoms with Gasteiger partial charge in [0.25, 0.3) is 0 Å². The predicted octanol–water partition coefficient (Wildman–Crippen LogP) is 1.07. The van der Waals surface area contributed by atoms with Crippen LogP contribution in [0.2, 0.25) is 0 Å². The first-order chi connectivity index (χ1) is 10.2. The Morgan fingerprint density at radius 2 is 1.95 bits per heavy atom. The van der Waals surface area contributed by atoms with Crippen molar-refractivity contribution in [3.05, 3.63) is 18.5 Å². The Hall–Kier alpha value is -1.69. The molecule has 1 amide bonds. The zero-order valence-electron chi connectivity index (χ0n) is 12.6. The van der Waals surface area contributed by atoms with Crippen LogP contribution in [-0.2, 0) is 4.79 Å². The van der Waals surface area contributed by atoms with Crippen molar-refractivity contribution in [3.63, 3.8) is 0 Å². The van der Waals surface area contributed by atoms with E-state index < -0.39 is 0 Å². The number of carbonyl (C=O) groups is 1. The number of aliphatic hydroxyl groups is 1. The average Bonchev–Trinajstić information content (AvgIpc) is 2.54. The van der Waals surface area contributed by atoms with Crippen molar-refractivity contribution in [2.45, 2.75) is 38.1 Å². The molecule has 21 heavy (non-hydrogen) atoms. The van der Waals surface area contributed by atoms with E-state index in [1.54, 1.807) is 23.4 Å². The molecular weight excluding hydrogens is 268 g/mol. The topological polar surface area (TPSA) is 69.6 Å². The Balaban J connectivity index is 1.97. The maximum absolute atomic E-state index is 12.5. The largest absolute Gasteiger partial charge is 0.395 e. The molecule has 6 heteroatoms. The molecule has 0 saturated heterocycles. The Morgan fingerprint density at radius 3 is 2.57 bits per heavy atom. The Kier molecular flexibility index (Phi) is 5.92. The van der Waals surface area contributed by atoms with Crippen molar-refractivity contribution < 1.29 is 9.90 Å². The highest BCUT2D eigenvalue weighted by Gasteiger charge is 2.25. The molecule has 0 atom stereocenters. The van der Waals surface area contributed by atoms with Gasteiger partial charge < -0.3 is 14.9 Å². The van der Waals surface area contributed by atoms with Gasteiger partial charge in [-0.25, -0.2) is 9.97 Å². The summed E-state index contributed by atoms with van der Waals surface area (Å²) in [6.45, 7) is 0.654. The number of hydrogen-bond acceptors (Lipinski definition) is 5. The van der Waals surface area contributed by atoms with Gasteiger partial charge in [0.05, 0.1) is 13.2 Å². The number of likely N-dealkylation sites (N-methyl/N-ethyl adjacent to an activating group) is 1. The molecule has 0 aliphatic heterocycles. The molecular formula is C15H24N4O2. The van der Waals surface area contributed by atoms with E-state index in [1.165, 1.54) is 6.42 Å². The van der Waals surface area contributed by atoms with E-state index in [9.17, 15) is 9.90 Å². The minimum atomic E-state index is 0.00773. The van der Waals surface area contributed by atoms with Crippen LogP contribution < -0.4 is 4.90 Å². The molecule has 1 aliphatic carbocycles. The Labute approximate surface area is 125 Å². The zero-order chi connectivity index (χ0) is 15.1. The Morgan fingerprint density at radius 1 is 1.29 bits per heavy atom. The van der Waals surface area contributed by atoms with E-state index in [1.807, 2.05) is 11.9 Å². The van der Waals surface area contributed by atoms with Crippen molar-refractivity contribution in [1.82, 2.24) is 14.9 Å². The standard InChI is InChI=1S/C15H24N4O2/c1-18(15-16-8-5-9-17-15)12-14(21)19(10-11-20)13-6-3-2-4-7-13/h5,8-9,13,20H,2-4,6-7,10-12H2,1H3. The van der Waals surface area contributed by atoms with Crippen LogP contribution in [-0.4, -0.2) is 58.7 Å². The minimum Gasteiger partial charge on any atom is -0.395 e. The second-order valence-corrected chi connectivity index (χ2v) is 5.51. The molecule has 0 bridgehead atoms. The van der Waals surface area contributed by atoms with Gasteiger partial charge in [-0.3, -0.25) is 4.79 Å². The number of rotatable bonds is 6. The molecule has 0 unspecified atom stereocenters. The SMILES string of the molecule is CN(CC(=O)N(CCO)C1CCCCC1)c1ncccn1. The maximum atomic E-state index is 12.5. The first-order valence-electron chi connectivity index (χ1n) is 7.61. The van der Waals surface area contributed by atoms with Gasteiger partial charge in [-0.15, -0.1) is 0 Å². The fourth-order valence-electron chi connectivity index (χ4n) is 2.86. The maximum Gasteiger partial charge on any atom is 0.242 e. The molecule has 1 aliphatic rings. The number of aromatic nitrogens is 2. The lowest BCUT2D eigenvalue weighted by atomic mass is 9.94. The number of amides is 1. The fourth-order valence-corrected chi connectivity index (χ4v) is 2.86. The molecule has 0 spiro atoms. The summed E-state index contributed by atoms with van der Waals surface area (Å²) in [5, 5.41) is 9.24. The van der Waals surface area contributed by atoms with Crippen LogP contribution in [0.4, 0.5) is 5.95 Å². The molecule has 116 valence electrons. The molecule has 1 fully saturated rings. The molecule has 1 aromatic rings. The lowest BCUT2D eigenvalue weighted by molar-refractivity contribution is -0.133. The number of anilines is 1. The van der Waals surface area contributed by atoms with E-state index >= 15 is 0 Å². The number of hydrogen-bond donors (Lipinski definition) is 1. The number of nitrogens with zero attached hydrogens (tertiary/aromatic N) is 4. The van der Waals surface area contributed by atoms with E-state index in [2.05, 4.69) is 9.97 Å². The van der Waals surface area contributed by atoms with Gasteiger partial charge in [-0.1, -0.05) is 19.3 Å². The van der Waals surface area contributed by atoms with Crippen LogP contribution in [0.25, 0.3) is 0 Å². The van der Waals surface area contributed by atoms with Crippen molar-refractivity contribution in [2.75, 3.05) is 31.6 Å². The monoisotopic (exact) mass is 292 g/mol. The van der Waals surface area contributed by atoms with Crippen LogP contribution in [0, 0.1) is 0 Å².